The van der Waals surface area contributed by atoms with Crippen LogP contribution in [-0.4, -0.2) is 22.7 Å². The molecule has 3 aromatic carbocycles. The van der Waals surface area contributed by atoms with Crippen LogP contribution in [-0.2, 0) is 4.79 Å². The van der Waals surface area contributed by atoms with Crippen LogP contribution in [0.5, 0.6) is 5.75 Å². The number of para-hydroxylation sites is 1. The fourth-order valence-electron chi connectivity index (χ4n) is 3.44. The first-order valence-electron chi connectivity index (χ1n) is 9.75. The Hall–Kier alpha value is -3.64. The molecule has 1 heterocycles. The summed E-state index contributed by atoms with van der Waals surface area (Å²) < 4.78 is 5.52. The number of hydrogen-bond acceptors (Lipinski definition) is 4. The number of fused-ring (bicyclic) bond motifs is 1. The van der Waals surface area contributed by atoms with Gasteiger partial charge in [0.05, 0.1) is 11.8 Å². The van der Waals surface area contributed by atoms with Gasteiger partial charge in [-0.05, 0) is 48.9 Å². The van der Waals surface area contributed by atoms with Crippen molar-refractivity contribution in [3.8, 4) is 5.75 Å². The number of nitrogens with zero attached hydrogens (tertiary/aromatic N) is 2. The predicted octanol–water partition coefficient (Wildman–Crippen LogP) is 5.63. The molecule has 0 saturated carbocycles. The number of halogens is 1. The van der Waals surface area contributed by atoms with Crippen LogP contribution in [0.4, 0.5) is 10.5 Å². The maximum Gasteiger partial charge on any atom is 0.436 e. The van der Waals surface area contributed by atoms with Crippen LogP contribution >= 0.6 is 11.6 Å². The zero-order valence-electron chi connectivity index (χ0n) is 17.0. The average molecular weight is 434 g/mol. The van der Waals surface area contributed by atoms with Crippen molar-refractivity contribution in [1.82, 2.24) is 5.01 Å². The fraction of sp³-hybridized carbons (Fsp3) is 0.125. The Labute approximate surface area is 185 Å². The lowest BCUT2D eigenvalue weighted by atomic mass is 9.92. The molecule has 1 aliphatic rings. The Morgan fingerprint density at radius 3 is 2.42 bits per heavy atom. The molecule has 1 unspecified atom stereocenters. The zero-order valence-corrected chi connectivity index (χ0v) is 17.8. The van der Waals surface area contributed by atoms with E-state index in [4.69, 9.17) is 16.3 Å². The summed E-state index contributed by atoms with van der Waals surface area (Å²) in [6, 6.07) is 21.3. The van der Waals surface area contributed by atoms with Gasteiger partial charge in [0, 0.05) is 28.8 Å². The predicted molar refractivity (Wildman–Crippen MR) is 121 cm³/mol. The van der Waals surface area contributed by atoms with Crippen LogP contribution in [0.25, 0.3) is 0 Å². The Bertz CT molecular complexity index is 1160. The van der Waals surface area contributed by atoms with Crippen molar-refractivity contribution in [3.05, 3.63) is 94.5 Å². The number of rotatable bonds is 3. The van der Waals surface area contributed by atoms with Crippen molar-refractivity contribution in [2.75, 3.05) is 5.32 Å². The van der Waals surface area contributed by atoms with Crippen LogP contribution in [0, 0.1) is 0 Å². The summed E-state index contributed by atoms with van der Waals surface area (Å²) in [4.78, 5) is 24.2. The van der Waals surface area contributed by atoms with Gasteiger partial charge in [-0.25, -0.2) is 4.79 Å². The zero-order chi connectivity index (χ0) is 22.0. The molecule has 1 aliphatic heterocycles. The molecule has 7 heteroatoms. The van der Waals surface area contributed by atoms with E-state index in [0.29, 0.717) is 22.2 Å². The van der Waals surface area contributed by atoms with Crippen LogP contribution < -0.4 is 10.1 Å². The summed E-state index contributed by atoms with van der Waals surface area (Å²) in [6.45, 7) is 3.34. The molecule has 0 aromatic heterocycles. The Morgan fingerprint density at radius 1 is 1.03 bits per heavy atom. The quantitative estimate of drug-likeness (QED) is 0.582. The lowest BCUT2D eigenvalue weighted by Crippen LogP contribution is -2.36. The summed E-state index contributed by atoms with van der Waals surface area (Å²) in [5, 5.41) is 9.28. The van der Waals surface area contributed by atoms with Gasteiger partial charge in [0.15, 0.2) is 0 Å². The van der Waals surface area contributed by atoms with Gasteiger partial charge in [0.1, 0.15) is 5.75 Å². The fourth-order valence-corrected chi connectivity index (χ4v) is 3.61. The molecule has 4 rings (SSSR count). The van der Waals surface area contributed by atoms with Gasteiger partial charge in [0.25, 0.3) is 0 Å². The number of nitrogens with one attached hydrogen (secondary N) is 1. The highest BCUT2D eigenvalue weighted by Gasteiger charge is 2.32. The standard InChI is InChI=1S/C24H20ClN3O3/c1-15-21-13-10-18(25)14-22(21)23(17-8-11-19(12-9-17)26-16(2)29)27-28(15)24(30)31-20-6-4-3-5-7-20/h3-15H,1-2H3,(H,26,29). The molecule has 0 radical (unpaired) electrons. The molecule has 3 aromatic rings. The Balaban J connectivity index is 1.73. The van der Waals surface area contributed by atoms with Crippen LogP contribution in [0.15, 0.2) is 77.9 Å². The molecule has 0 saturated heterocycles. The topological polar surface area (TPSA) is 71.0 Å². The van der Waals surface area contributed by atoms with E-state index in [2.05, 4.69) is 10.4 Å². The second-order valence-corrected chi connectivity index (χ2v) is 7.58. The molecule has 156 valence electrons. The molecule has 0 fully saturated rings. The summed E-state index contributed by atoms with van der Waals surface area (Å²) in [6.07, 6.45) is -0.577. The van der Waals surface area contributed by atoms with E-state index < -0.39 is 6.09 Å². The Morgan fingerprint density at radius 2 is 1.74 bits per heavy atom. The van der Waals surface area contributed by atoms with E-state index in [0.717, 1.165) is 16.7 Å². The molecule has 2 amide bonds. The molecular formula is C24H20ClN3O3. The molecule has 0 bridgehead atoms. The van der Waals surface area contributed by atoms with Gasteiger partial charge >= 0.3 is 6.09 Å². The lowest BCUT2D eigenvalue weighted by Gasteiger charge is -2.31. The van der Waals surface area contributed by atoms with Gasteiger partial charge in [-0.3, -0.25) is 4.79 Å². The number of anilines is 1. The number of ether oxygens (including phenoxy) is 1. The number of hydrazone groups is 1. The first-order valence-corrected chi connectivity index (χ1v) is 10.1. The van der Waals surface area contributed by atoms with Crippen molar-refractivity contribution >= 4 is 35.0 Å². The van der Waals surface area contributed by atoms with E-state index in [1.54, 1.807) is 42.5 Å². The van der Waals surface area contributed by atoms with E-state index >= 15 is 0 Å². The third-order valence-corrected chi connectivity index (χ3v) is 5.14. The average Bonchev–Trinajstić information content (AvgIpc) is 2.75. The van der Waals surface area contributed by atoms with E-state index in [-0.39, 0.29) is 11.9 Å². The van der Waals surface area contributed by atoms with Gasteiger partial charge < -0.3 is 10.1 Å². The second kappa shape index (κ2) is 8.62. The molecule has 1 atom stereocenters. The van der Waals surface area contributed by atoms with Gasteiger partial charge in [-0.1, -0.05) is 48.0 Å². The maximum absolute atomic E-state index is 12.9. The van der Waals surface area contributed by atoms with E-state index in [1.165, 1.54) is 11.9 Å². The van der Waals surface area contributed by atoms with Crippen molar-refractivity contribution in [2.45, 2.75) is 19.9 Å². The Kier molecular flexibility index (Phi) is 5.73. The molecule has 6 nitrogen and oxygen atoms in total. The first-order chi connectivity index (χ1) is 14.9. The smallest absolute Gasteiger partial charge is 0.409 e. The molecule has 1 N–H and O–H groups in total. The van der Waals surface area contributed by atoms with Crippen molar-refractivity contribution < 1.29 is 14.3 Å². The van der Waals surface area contributed by atoms with Gasteiger partial charge in [-0.2, -0.15) is 10.1 Å². The van der Waals surface area contributed by atoms with Crippen LogP contribution in [0.3, 0.4) is 0 Å². The van der Waals surface area contributed by atoms with Crippen LogP contribution in [0.1, 0.15) is 36.6 Å². The van der Waals surface area contributed by atoms with Crippen molar-refractivity contribution in [2.24, 2.45) is 5.10 Å². The second-order valence-electron chi connectivity index (χ2n) is 7.14. The number of hydrogen-bond donors (Lipinski definition) is 1. The third-order valence-electron chi connectivity index (χ3n) is 4.91. The van der Waals surface area contributed by atoms with Crippen molar-refractivity contribution in [1.29, 1.82) is 0 Å². The van der Waals surface area contributed by atoms with Gasteiger partial charge in [0.2, 0.25) is 5.91 Å². The summed E-state index contributed by atoms with van der Waals surface area (Å²) in [7, 11) is 0. The summed E-state index contributed by atoms with van der Waals surface area (Å²) in [5.41, 5.74) is 3.80. The third kappa shape index (κ3) is 4.44. The summed E-state index contributed by atoms with van der Waals surface area (Å²) >= 11 is 6.26. The largest absolute Gasteiger partial charge is 0.436 e. The monoisotopic (exact) mass is 433 g/mol. The number of amides is 2. The lowest BCUT2D eigenvalue weighted by molar-refractivity contribution is -0.114. The number of benzene rings is 3. The SMILES string of the molecule is CC(=O)Nc1ccc(C2=NN(C(=O)Oc3ccccc3)C(C)c3ccc(Cl)cc32)cc1. The summed E-state index contributed by atoms with van der Waals surface area (Å²) in [5.74, 6) is 0.293. The minimum atomic E-state index is -0.577. The van der Waals surface area contributed by atoms with Crippen LogP contribution in [0.2, 0.25) is 5.02 Å². The highest BCUT2D eigenvalue weighted by Crippen LogP contribution is 2.34. The highest BCUT2D eigenvalue weighted by molar-refractivity contribution is 6.31. The van der Waals surface area contributed by atoms with E-state index in [1.807, 2.05) is 37.3 Å². The molecule has 31 heavy (non-hydrogen) atoms. The molecule has 0 spiro atoms. The maximum atomic E-state index is 12.9. The minimum Gasteiger partial charge on any atom is -0.409 e. The number of carbonyl (C=O) groups is 2. The van der Waals surface area contributed by atoms with Gasteiger partial charge in [-0.15, -0.1) is 0 Å². The number of carbonyl (C=O) groups excluding carboxylic acids is 2. The minimum absolute atomic E-state index is 0.149. The molecule has 0 aliphatic carbocycles. The van der Waals surface area contributed by atoms with Crippen molar-refractivity contribution in [3.63, 3.8) is 0 Å². The molecular weight excluding hydrogens is 414 g/mol. The normalized spacial score (nSPS) is 15.0. The van der Waals surface area contributed by atoms with E-state index in [9.17, 15) is 9.59 Å². The first kappa shape index (κ1) is 20.6. The highest BCUT2D eigenvalue weighted by atomic mass is 35.5.